The number of sulfonamides is 1. The summed E-state index contributed by atoms with van der Waals surface area (Å²) in [6, 6.07) is 10.0. The number of nitrogens with zero attached hydrogens (tertiary/aromatic N) is 1. The van der Waals surface area contributed by atoms with E-state index in [0.29, 0.717) is 34.4 Å². The van der Waals surface area contributed by atoms with Gasteiger partial charge in [0.25, 0.3) is 10.0 Å². The average Bonchev–Trinajstić information content (AvgIpc) is 3.40. The maximum atomic E-state index is 13.3. The first-order valence-electron chi connectivity index (χ1n) is 8.40. The fourth-order valence-electron chi connectivity index (χ4n) is 3.48. The zero-order chi connectivity index (χ0) is 19.0. The van der Waals surface area contributed by atoms with Gasteiger partial charge in [-0.3, -0.25) is 0 Å². The molecule has 3 aromatic rings. The maximum Gasteiger partial charge on any atom is 0.253 e. The Bertz CT molecular complexity index is 1010. The lowest BCUT2D eigenvalue weighted by molar-refractivity contribution is 0.292. The molecule has 0 amide bonds. The second kappa shape index (κ2) is 7.03. The van der Waals surface area contributed by atoms with Crippen molar-refractivity contribution in [1.29, 1.82) is 0 Å². The molecule has 3 heterocycles. The summed E-state index contributed by atoms with van der Waals surface area (Å²) in [6.07, 6.45) is 2.11. The number of rotatable bonds is 5. The molecule has 1 aliphatic rings. The number of thiophene rings is 1. The third-order valence-electron chi connectivity index (χ3n) is 4.69. The van der Waals surface area contributed by atoms with Crippen LogP contribution >= 0.6 is 11.3 Å². The van der Waals surface area contributed by atoms with Crippen LogP contribution in [0, 0.1) is 0 Å². The molecular weight excluding hydrogens is 386 g/mol. The van der Waals surface area contributed by atoms with Gasteiger partial charge in [-0.25, -0.2) is 8.42 Å². The molecule has 8 heteroatoms. The average molecular weight is 405 g/mol. The Labute approximate surface area is 162 Å². The van der Waals surface area contributed by atoms with Crippen molar-refractivity contribution in [2.24, 2.45) is 0 Å². The van der Waals surface area contributed by atoms with Gasteiger partial charge < -0.3 is 13.9 Å². The first-order valence-corrected chi connectivity index (χ1v) is 10.7. The molecule has 1 aromatic carbocycles. The summed E-state index contributed by atoms with van der Waals surface area (Å²) >= 11 is 1.21. The van der Waals surface area contributed by atoms with Crippen molar-refractivity contribution in [2.75, 3.05) is 20.8 Å². The standard InChI is InChI=1S/C19H19NO5S2/c1-23-14-11-13-7-8-20(27(21,22)17-6-4-10-26-17)19(15-5-3-9-25-15)18(13)16(12-14)24-2/h3-6,9-12,19H,7-8H2,1-2H3. The van der Waals surface area contributed by atoms with Gasteiger partial charge in [0, 0.05) is 18.2 Å². The highest BCUT2D eigenvalue weighted by atomic mass is 32.2. The number of ether oxygens (including phenoxy) is 2. The van der Waals surface area contributed by atoms with Crippen LogP contribution in [-0.4, -0.2) is 33.5 Å². The molecule has 4 rings (SSSR count). The van der Waals surface area contributed by atoms with Crippen molar-refractivity contribution in [3.8, 4) is 11.5 Å². The molecule has 0 spiro atoms. The van der Waals surface area contributed by atoms with Crippen molar-refractivity contribution < 1.29 is 22.3 Å². The number of fused-ring (bicyclic) bond motifs is 1. The minimum absolute atomic E-state index is 0.315. The van der Waals surface area contributed by atoms with Gasteiger partial charge in [0.05, 0.1) is 20.5 Å². The Morgan fingerprint density at radius 3 is 2.67 bits per heavy atom. The molecule has 142 valence electrons. The van der Waals surface area contributed by atoms with Gasteiger partial charge in [-0.15, -0.1) is 11.3 Å². The number of methoxy groups -OCH3 is 2. The van der Waals surface area contributed by atoms with E-state index in [2.05, 4.69) is 0 Å². The zero-order valence-corrected chi connectivity index (χ0v) is 16.5. The third-order valence-corrected chi connectivity index (χ3v) is 7.93. The monoisotopic (exact) mass is 405 g/mol. The van der Waals surface area contributed by atoms with Crippen LogP contribution in [0.5, 0.6) is 11.5 Å². The highest BCUT2D eigenvalue weighted by Gasteiger charge is 2.41. The van der Waals surface area contributed by atoms with E-state index >= 15 is 0 Å². The Morgan fingerprint density at radius 2 is 2.04 bits per heavy atom. The summed E-state index contributed by atoms with van der Waals surface area (Å²) in [5.74, 6) is 1.81. The van der Waals surface area contributed by atoms with Gasteiger partial charge >= 0.3 is 0 Å². The summed E-state index contributed by atoms with van der Waals surface area (Å²) in [6.45, 7) is 0.342. The smallest absolute Gasteiger partial charge is 0.253 e. The van der Waals surface area contributed by atoms with Gasteiger partial charge in [-0.2, -0.15) is 4.31 Å². The minimum Gasteiger partial charge on any atom is -0.497 e. The summed E-state index contributed by atoms with van der Waals surface area (Å²) in [4.78, 5) is 0. The molecule has 27 heavy (non-hydrogen) atoms. The molecule has 0 saturated heterocycles. The van der Waals surface area contributed by atoms with Crippen LogP contribution in [-0.2, 0) is 16.4 Å². The van der Waals surface area contributed by atoms with Crippen molar-refractivity contribution in [1.82, 2.24) is 4.31 Å². The molecular formula is C19H19NO5S2. The molecule has 0 bridgehead atoms. The lowest BCUT2D eigenvalue weighted by Gasteiger charge is -2.36. The summed E-state index contributed by atoms with van der Waals surface area (Å²) < 4.78 is 45.0. The van der Waals surface area contributed by atoms with Gasteiger partial charge in [0.2, 0.25) is 0 Å². The Morgan fingerprint density at radius 1 is 1.19 bits per heavy atom. The summed E-state index contributed by atoms with van der Waals surface area (Å²) in [5.41, 5.74) is 1.78. The fraction of sp³-hybridized carbons (Fsp3) is 0.263. The van der Waals surface area contributed by atoms with Crippen LogP contribution in [0.2, 0.25) is 0 Å². The van der Waals surface area contributed by atoms with E-state index in [4.69, 9.17) is 13.9 Å². The second-order valence-corrected chi connectivity index (χ2v) is 9.18. The van der Waals surface area contributed by atoms with E-state index in [1.165, 1.54) is 15.6 Å². The Hall–Kier alpha value is -2.29. The number of benzene rings is 1. The molecule has 0 N–H and O–H groups in total. The first-order chi connectivity index (χ1) is 13.1. The highest BCUT2D eigenvalue weighted by Crippen LogP contribution is 2.45. The fourth-order valence-corrected chi connectivity index (χ4v) is 6.17. The Kier molecular flexibility index (Phi) is 4.71. The molecule has 1 aliphatic heterocycles. The molecule has 1 atom stereocenters. The van der Waals surface area contributed by atoms with Crippen LogP contribution in [0.25, 0.3) is 0 Å². The quantitative estimate of drug-likeness (QED) is 0.647. The first kappa shape index (κ1) is 18.1. The highest BCUT2D eigenvalue weighted by molar-refractivity contribution is 7.91. The zero-order valence-electron chi connectivity index (χ0n) is 14.9. The van der Waals surface area contributed by atoms with E-state index in [9.17, 15) is 8.42 Å². The van der Waals surface area contributed by atoms with Crippen molar-refractivity contribution in [3.63, 3.8) is 0 Å². The molecule has 2 aromatic heterocycles. The summed E-state index contributed by atoms with van der Waals surface area (Å²) in [5, 5.41) is 1.76. The number of hydrogen-bond acceptors (Lipinski definition) is 6. The molecule has 1 unspecified atom stereocenters. The lowest BCUT2D eigenvalue weighted by Crippen LogP contribution is -2.40. The Balaban J connectivity index is 1.92. The molecule has 0 fully saturated rings. The predicted octanol–water partition coefficient (Wildman–Crippen LogP) is 3.69. The minimum atomic E-state index is -3.67. The van der Waals surface area contributed by atoms with Crippen LogP contribution in [0.4, 0.5) is 0 Å². The SMILES string of the molecule is COc1cc2c(c(OC)c1)C(c1ccco1)N(S(=O)(=O)c1cccs1)CC2. The van der Waals surface area contributed by atoms with Crippen LogP contribution in [0.3, 0.4) is 0 Å². The van der Waals surface area contributed by atoms with E-state index in [1.54, 1.807) is 56.2 Å². The number of furan rings is 1. The third kappa shape index (κ3) is 3.03. The van der Waals surface area contributed by atoms with Gasteiger partial charge in [-0.1, -0.05) is 6.07 Å². The largest absolute Gasteiger partial charge is 0.497 e. The van der Waals surface area contributed by atoms with Crippen LogP contribution < -0.4 is 9.47 Å². The van der Waals surface area contributed by atoms with E-state index in [0.717, 1.165) is 11.1 Å². The van der Waals surface area contributed by atoms with Gasteiger partial charge in [0.1, 0.15) is 27.5 Å². The normalized spacial score (nSPS) is 17.5. The predicted molar refractivity (Wildman–Crippen MR) is 102 cm³/mol. The molecule has 0 saturated carbocycles. The van der Waals surface area contributed by atoms with E-state index < -0.39 is 16.1 Å². The van der Waals surface area contributed by atoms with Gasteiger partial charge in [-0.05, 0) is 41.6 Å². The van der Waals surface area contributed by atoms with E-state index in [1.807, 2.05) is 6.07 Å². The van der Waals surface area contributed by atoms with Crippen molar-refractivity contribution in [2.45, 2.75) is 16.7 Å². The molecule has 6 nitrogen and oxygen atoms in total. The van der Waals surface area contributed by atoms with Crippen LogP contribution in [0.15, 0.2) is 56.7 Å². The van der Waals surface area contributed by atoms with Crippen molar-refractivity contribution >= 4 is 21.4 Å². The van der Waals surface area contributed by atoms with Crippen molar-refractivity contribution in [3.05, 3.63) is 64.9 Å². The number of hydrogen-bond donors (Lipinski definition) is 0. The van der Waals surface area contributed by atoms with E-state index in [-0.39, 0.29) is 0 Å². The topological polar surface area (TPSA) is 69.0 Å². The van der Waals surface area contributed by atoms with Crippen LogP contribution in [0.1, 0.15) is 22.9 Å². The molecule has 0 aliphatic carbocycles. The van der Waals surface area contributed by atoms with Gasteiger partial charge in [0.15, 0.2) is 0 Å². The summed E-state index contributed by atoms with van der Waals surface area (Å²) in [7, 11) is -0.503. The molecule has 0 radical (unpaired) electrons. The maximum absolute atomic E-state index is 13.3. The lowest BCUT2D eigenvalue weighted by atomic mass is 9.91. The second-order valence-electron chi connectivity index (χ2n) is 6.12.